The highest BCUT2D eigenvalue weighted by Gasteiger charge is 2.43. The molecule has 0 saturated carbocycles. The van der Waals surface area contributed by atoms with Gasteiger partial charge in [-0.3, -0.25) is 9.59 Å². The monoisotopic (exact) mass is 343 g/mol. The van der Waals surface area contributed by atoms with Gasteiger partial charge >= 0.3 is 0 Å². The van der Waals surface area contributed by atoms with Crippen molar-refractivity contribution in [1.29, 1.82) is 0 Å². The number of hydrogen-bond donors (Lipinski definition) is 0. The van der Waals surface area contributed by atoms with E-state index < -0.39 is 5.92 Å². The highest BCUT2D eigenvalue weighted by atomic mass is 19.1. The maximum absolute atomic E-state index is 13.2. The van der Waals surface area contributed by atoms with E-state index in [0.717, 1.165) is 11.3 Å². The second kappa shape index (κ2) is 6.70. The Morgan fingerprint density at radius 1 is 1.24 bits per heavy atom. The molecule has 1 aromatic heterocycles. The van der Waals surface area contributed by atoms with Gasteiger partial charge in [0.2, 0.25) is 11.8 Å². The second-order valence-electron chi connectivity index (χ2n) is 6.62. The Kier molecular flexibility index (Phi) is 4.61. The normalized spacial score (nSPS) is 20.2. The number of halogens is 1. The van der Waals surface area contributed by atoms with Crippen LogP contribution in [0.4, 0.5) is 4.39 Å². The summed E-state index contributed by atoms with van der Waals surface area (Å²) in [5, 5.41) is 0. The molecule has 0 N–H and O–H groups in total. The van der Waals surface area contributed by atoms with Gasteiger partial charge in [-0.2, -0.15) is 0 Å². The fraction of sp³-hybridized carbons (Fsp3) is 0.368. The van der Waals surface area contributed by atoms with Gasteiger partial charge < -0.3 is 14.4 Å². The lowest BCUT2D eigenvalue weighted by Crippen LogP contribution is -2.36. The number of amides is 2. The third kappa shape index (κ3) is 3.29. The summed E-state index contributed by atoms with van der Waals surface area (Å²) in [7, 11) is 5.38. The molecule has 2 atom stereocenters. The zero-order valence-electron chi connectivity index (χ0n) is 14.6. The van der Waals surface area contributed by atoms with Gasteiger partial charge in [0.25, 0.3) is 0 Å². The quantitative estimate of drug-likeness (QED) is 0.855. The number of benzene rings is 1. The number of hydrogen-bond acceptors (Lipinski definition) is 2. The van der Waals surface area contributed by atoms with Crippen LogP contribution in [0.2, 0.25) is 0 Å². The van der Waals surface area contributed by atoms with Crippen molar-refractivity contribution >= 4 is 11.8 Å². The fourth-order valence-electron chi connectivity index (χ4n) is 3.47. The Bertz CT molecular complexity index is 784. The van der Waals surface area contributed by atoms with Crippen molar-refractivity contribution in [1.82, 2.24) is 14.4 Å². The van der Waals surface area contributed by atoms with E-state index in [2.05, 4.69) is 0 Å². The molecule has 132 valence electrons. The molecule has 1 saturated heterocycles. The summed E-state index contributed by atoms with van der Waals surface area (Å²) in [5.41, 5.74) is 1.80. The number of aryl methyl sites for hydroxylation is 1. The summed E-state index contributed by atoms with van der Waals surface area (Å²) in [5.74, 6) is -0.944. The molecule has 1 aromatic carbocycles. The lowest BCUT2D eigenvalue weighted by molar-refractivity contribution is -0.135. The molecule has 1 aliphatic rings. The van der Waals surface area contributed by atoms with E-state index in [0.29, 0.717) is 6.54 Å². The number of nitrogens with zero attached hydrogens (tertiary/aromatic N) is 3. The summed E-state index contributed by atoms with van der Waals surface area (Å²) < 4.78 is 15.2. The Morgan fingerprint density at radius 2 is 1.92 bits per heavy atom. The predicted molar refractivity (Wildman–Crippen MR) is 91.9 cm³/mol. The number of likely N-dealkylation sites (tertiary alicyclic amines) is 1. The van der Waals surface area contributed by atoms with Crippen LogP contribution in [0, 0.1) is 11.7 Å². The molecule has 5 nitrogen and oxygen atoms in total. The van der Waals surface area contributed by atoms with Crippen LogP contribution >= 0.6 is 0 Å². The maximum atomic E-state index is 13.2. The van der Waals surface area contributed by atoms with Crippen molar-refractivity contribution in [3.63, 3.8) is 0 Å². The first kappa shape index (κ1) is 17.2. The second-order valence-corrected chi connectivity index (χ2v) is 6.62. The predicted octanol–water partition coefficient (Wildman–Crippen LogP) is 2.34. The summed E-state index contributed by atoms with van der Waals surface area (Å²) in [6, 6.07) is 9.55. The minimum atomic E-state index is -0.465. The van der Waals surface area contributed by atoms with Crippen LogP contribution in [0.25, 0.3) is 0 Å². The van der Waals surface area contributed by atoms with Gasteiger partial charge in [-0.05, 0) is 29.8 Å². The smallest absolute Gasteiger partial charge is 0.228 e. The molecule has 2 heterocycles. The largest absolute Gasteiger partial charge is 0.353 e. The van der Waals surface area contributed by atoms with Crippen LogP contribution in [0.3, 0.4) is 0 Å². The molecule has 1 fully saturated rings. The fourth-order valence-corrected chi connectivity index (χ4v) is 3.47. The molecule has 0 bridgehead atoms. The molecule has 3 rings (SSSR count). The molecule has 0 spiro atoms. The minimum absolute atomic E-state index is 0.0695. The Morgan fingerprint density at radius 3 is 2.52 bits per heavy atom. The molecule has 6 heteroatoms. The van der Waals surface area contributed by atoms with Crippen molar-refractivity contribution in [2.45, 2.75) is 19.0 Å². The Balaban J connectivity index is 1.83. The van der Waals surface area contributed by atoms with E-state index >= 15 is 0 Å². The van der Waals surface area contributed by atoms with Gasteiger partial charge in [-0.25, -0.2) is 4.39 Å². The Labute approximate surface area is 146 Å². The van der Waals surface area contributed by atoms with Crippen molar-refractivity contribution < 1.29 is 14.0 Å². The van der Waals surface area contributed by atoms with Crippen molar-refractivity contribution in [2.24, 2.45) is 13.0 Å². The number of aromatic nitrogens is 1. The van der Waals surface area contributed by atoms with Gasteiger partial charge in [0.05, 0.1) is 18.5 Å². The topological polar surface area (TPSA) is 45.6 Å². The summed E-state index contributed by atoms with van der Waals surface area (Å²) in [6.45, 7) is 0.479. The summed E-state index contributed by atoms with van der Waals surface area (Å²) >= 11 is 0. The molecule has 2 amide bonds. The average Bonchev–Trinajstić information content (AvgIpc) is 3.12. The van der Waals surface area contributed by atoms with Gasteiger partial charge in [0, 0.05) is 39.5 Å². The van der Waals surface area contributed by atoms with E-state index in [1.807, 2.05) is 29.9 Å². The van der Waals surface area contributed by atoms with Gasteiger partial charge in [0.1, 0.15) is 5.82 Å². The first-order valence-electron chi connectivity index (χ1n) is 8.25. The standard InChI is InChI=1S/C19H22FN3O2/c1-21-10-4-5-15(21)12-22(2)19(25)16-11-17(24)23(3)18(16)13-6-8-14(20)9-7-13/h4-10,16,18H,11-12H2,1-3H3/t16-,18+/m1/s1. The zero-order chi connectivity index (χ0) is 18.1. The molecular weight excluding hydrogens is 321 g/mol. The van der Waals surface area contributed by atoms with Crippen LogP contribution < -0.4 is 0 Å². The van der Waals surface area contributed by atoms with Crippen molar-refractivity contribution in [3.05, 3.63) is 59.7 Å². The average molecular weight is 343 g/mol. The molecule has 0 radical (unpaired) electrons. The first-order valence-corrected chi connectivity index (χ1v) is 8.25. The third-order valence-electron chi connectivity index (χ3n) is 4.94. The SMILES string of the molecule is CN(Cc1cccn1C)C(=O)[C@@H]1CC(=O)N(C)[C@H]1c1ccc(F)cc1. The van der Waals surface area contributed by atoms with Crippen LogP contribution in [0.1, 0.15) is 23.7 Å². The maximum Gasteiger partial charge on any atom is 0.228 e. The van der Waals surface area contributed by atoms with Crippen LogP contribution in [0.15, 0.2) is 42.6 Å². The third-order valence-corrected chi connectivity index (χ3v) is 4.94. The lowest BCUT2D eigenvalue weighted by atomic mass is 9.92. The zero-order valence-corrected chi connectivity index (χ0v) is 14.6. The number of rotatable bonds is 4. The van der Waals surface area contributed by atoms with Crippen molar-refractivity contribution in [3.8, 4) is 0 Å². The first-order chi connectivity index (χ1) is 11.9. The molecular formula is C19H22FN3O2. The highest BCUT2D eigenvalue weighted by Crippen LogP contribution is 2.38. The van der Waals surface area contributed by atoms with E-state index in [4.69, 9.17) is 0 Å². The molecule has 25 heavy (non-hydrogen) atoms. The van der Waals surface area contributed by atoms with Gasteiger partial charge in [0.15, 0.2) is 0 Å². The highest BCUT2D eigenvalue weighted by molar-refractivity contribution is 5.90. The molecule has 0 unspecified atom stereocenters. The molecule has 1 aliphatic heterocycles. The van der Waals surface area contributed by atoms with E-state index in [-0.39, 0.29) is 30.1 Å². The van der Waals surface area contributed by atoms with Crippen LogP contribution in [-0.4, -0.2) is 40.3 Å². The lowest BCUT2D eigenvalue weighted by Gasteiger charge is -2.28. The van der Waals surface area contributed by atoms with Crippen LogP contribution in [-0.2, 0) is 23.2 Å². The Hall–Kier alpha value is -2.63. The van der Waals surface area contributed by atoms with Crippen LogP contribution in [0.5, 0.6) is 0 Å². The number of carbonyl (C=O) groups excluding carboxylic acids is 2. The minimum Gasteiger partial charge on any atom is -0.353 e. The van der Waals surface area contributed by atoms with E-state index in [9.17, 15) is 14.0 Å². The summed E-state index contributed by atoms with van der Waals surface area (Å²) in [6.07, 6.45) is 2.11. The molecule has 2 aromatic rings. The number of carbonyl (C=O) groups is 2. The van der Waals surface area contributed by atoms with E-state index in [1.54, 1.807) is 36.0 Å². The molecule has 0 aliphatic carbocycles. The van der Waals surface area contributed by atoms with E-state index in [1.165, 1.54) is 12.1 Å². The van der Waals surface area contributed by atoms with Crippen molar-refractivity contribution in [2.75, 3.05) is 14.1 Å². The van der Waals surface area contributed by atoms with Gasteiger partial charge in [-0.1, -0.05) is 12.1 Å². The van der Waals surface area contributed by atoms with Gasteiger partial charge in [-0.15, -0.1) is 0 Å². The summed E-state index contributed by atoms with van der Waals surface area (Å²) in [4.78, 5) is 28.4.